The molecule has 40 heavy (non-hydrogen) atoms. The molecule has 11 nitrogen and oxygen atoms in total. The maximum absolute atomic E-state index is 13.7. The third-order valence-corrected chi connectivity index (χ3v) is 6.76. The third kappa shape index (κ3) is 7.11. The van der Waals surface area contributed by atoms with Crippen molar-refractivity contribution < 1.29 is 28.2 Å². The van der Waals surface area contributed by atoms with E-state index in [1.54, 1.807) is 41.5 Å². The number of ether oxygens (including phenoxy) is 3. The van der Waals surface area contributed by atoms with Gasteiger partial charge < -0.3 is 33.7 Å². The van der Waals surface area contributed by atoms with E-state index >= 15 is 0 Å². The number of amides is 3. The highest BCUT2D eigenvalue weighted by molar-refractivity contribution is 5.92. The molecule has 3 aromatic rings. The molecule has 1 fully saturated rings. The number of carbonyl (C=O) groups is 2. The molecule has 208 valence electrons. The van der Waals surface area contributed by atoms with Crippen LogP contribution in [0.5, 0.6) is 11.5 Å². The van der Waals surface area contributed by atoms with Gasteiger partial charge in [-0.2, -0.15) is 5.26 Å². The molecule has 1 N–H and O–H groups in total. The number of nitrogens with zero attached hydrogens (tertiary/aromatic N) is 4. The highest BCUT2D eigenvalue weighted by atomic mass is 16.7. The zero-order chi connectivity index (χ0) is 27.7. The Morgan fingerprint density at radius 3 is 2.52 bits per heavy atom. The number of nitriles is 1. The monoisotopic (exact) mass is 545 g/mol. The fourth-order valence-electron chi connectivity index (χ4n) is 4.52. The van der Waals surface area contributed by atoms with Gasteiger partial charge in [0.25, 0.3) is 0 Å². The van der Waals surface area contributed by atoms with Crippen LogP contribution in [0.4, 0.5) is 10.5 Å². The molecule has 1 aromatic heterocycles. The predicted octanol–water partition coefficient (Wildman–Crippen LogP) is 3.28. The topological polar surface area (TPSA) is 121 Å². The second-order valence-electron chi connectivity index (χ2n) is 9.51. The molecule has 2 aromatic carbocycles. The fourth-order valence-corrected chi connectivity index (χ4v) is 4.52. The predicted molar refractivity (Wildman–Crippen MR) is 145 cm³/mol. The summed E-state index contributed by atoms with van der Waals surface area (Å²) >= 11 is 0. The minimum absolute atomic E-state index is 0.127. The lowest BCUT2D eigenvalue weighted by molar-refractivity contribution is -0.133. The van der Waals surface area contributed by atoms with Crippen LogP contribution in [-0.2, 0) is 22.6 Å². The molecule has 11 heteroatoms. The van der Waals surface area contributed by atoms with E-state index in [-0.39, 0.29) is 25.8 Å². The summed E-state index contributed by atoms with van der Waals surface area (Å²) in [4.78, 5) is 32.5. The summed E-state index contributed by atoms with van der Waals surface area (Å²) in [6.45, 7) is 4.37. The third-order valence-electron chi connectivity index (χ3n) is 6.76. The summed E-state index contributed by atoms with van der Waals surface area (Å²) in [6.07, 6.45) is 1.57. The van der Waals surface area contributed by atoms with Crippen LogP contribution >= 0.6 is 0 Å². The Morgan fingerprint density at radius 2 is 1.77 bits per heavy atom. The summed E-state index contributed by atoms with van der Waals surface area (Å²) in [7, 11) is 0. The summed E-state index contributed by atoms with van der Waals surface area (Å²) in [6, 6.07) is 17.4. The van der Waals surface area contributed by atoms with Crippen LogP contribution in [0.3, 0.4) is 0 Å². The van der Waals surface area contributed by atoms with E-state index < -0.39 is 6.03 Å². The van der Waals surface area contributed by atoms with Crippen molar-refractivity contribution >= 4 is 17.6 Å². The molecule has 0 radical (unpaired) electrons. The molecule has 3 amide bonds. The lowest BCUT2D eigenvalue weighted by atomic mass is 10.2. The fraction of sp³-hybridized carbons (Fsp3) is 0.345. The van der Waals surface area contributed by atoms with Crippen LogP contribution in [0.25, 0.3) is 0 Å². The van der Waals surface area contributed by atoms with E-state index in [1.165, 1.54) is 4.90 Å². The van der Waals surface area contributed by atoms with Gasteiger partial charge in [0, 0.05) is 38.4 Å². The van der Waals surface area contributed by atoms with Crippen LogP contribution in [0.1, 0.15) is 16.9 Å². The van der Waals surface area contributed by atoms with Crippen molar-refractivity contribution in [3.63, 3.8) is 0 Å². The van der Waals surface area contributed by atoms with Gasteiger partial charge in [0.1, 0.15) is 12.3 Å². The number of hydrogen-bond donors (Lipinski definition) is 1. The first-order chi connectivity index (χ1) is 19.6. The highest BCUT2D eigenvalue weighted by Gasteiger charge is 2.24. The smallest absolute Gasteiger partial charge is 0.322 e. The van der Waals surface area contributed by atoms with Crippen LogP contribution in [0.2, 0.25) is 0 Å². The Morgan fingerprint density at radius 1 is 0.975 bits per heavy atom. The van der Waals surface area contributed by atoms with Gasteiger partial charge in [-0.3, -0.25) is 9.69 Å². The van der Waals surface area contributed by atoms with E-state index in [1.807, 2.05) is 24.3 Å². The summed E-state index contributed by atoms with van der Waals surface area (Å²) in [5.41, 5.74) is 1.90. The molecule has 1 saturated heterocycles. The molecule has 2 aliphatic heterocycles. The molecule has 0 bridgehead atoms. The molecular weight excluding hydrogens is 514 g/mol. The van der Waals surface area contributed by atoms with Gasteiger partial charge >= 0.3 is 6.03 Å². The zero-order valence-electron chi connectivity index (χ0n) is 22.1. The van der Waals surface area contributed by atoms with E-state index in [4.69, 9.17) is 23.9 Å². The van der Waals surface area contributed by atoms with E-state index in [9.17, 15) is 9.59 Å². The van der Waals surface area contributed by atoms with E-state index in [2.05, 4.69) is 16.3 Å². The average Bonchev–Trinajstić information content (AvgIpc) is 3.67. The molecule has 0 saturated carbocycles. The van der Waals surface area contributed by atoms with Crippen molar-refractivity contribution in [1.82, 2.24) is 14.7 Å². The number of fused-ring (bicyclic) bond motifs is 1. The number of urea groups is 1. The van der Waals surface area contributed by atoms with Crippen molar-refractivity contribution in [1.29, 1.82) is 5.26 Å². The molecule has 0 aliphatic carbocycles. The largest absolute Gasteiger partial charge is 0.467 e. The van der Waals surface area contributed by atoms with Gasteiger partial charge in [0.15, 0.2) is 11.5 Å². The van der Waals surface area contributed by atoms with Gasteiger partial charge in [-0.1, -0.05) is 6.07 Å². The summed E-state index contributed by atoms with van der Waals surface area (Å²) in [5, 5.41) is 11.9. The van der Waals surface area contributed by atoms with Gasteiger partial charge in [-0.25, -0.2) is 4.79 Å². The number of hydrogen-bond acceptors (Lipinski definition) is 8. The first-order valence-electron chi connectivity index (χ1n) is 13.1. The second-order valence-corrected chi connectivity index (χ2v) is 9.51. The number of anilines is 1. The SMILES string of the molecule is N#Cc1ccc(NC(=O)N(CCN2CCOCC2)CC(=O)N(Cc2ccc3c(c2)OCO3)Cc2ccco2)cc1. The van der Waals surface area contributed by atoms with Crippen LogP contribution in [0, 0.1) is 11.3 Å². The minimum Gasteiger partial charge on any atom is -0.467 e. The Balaban J connectivity index is 1.31. The lowest BCUT2D eigenvalue weighted by Gasteiger charge is -2.31. The summed E-state index contributed by atoms with van der Waals surface area (Å²) in [5.74, 6) is 1.71. The molecule has 0 unspecified atom stereocenters. The van der Waals surface area contributed by atoms with Crippen LogP contribution < -0.4 is 14.8 Å². The normalized spacial score (nSPS) is 14.4. The van der Waals surface area contributed by atoms with Crippen molar-refractivity contribution in [2.24, 2.45) is 0 Å². The average molecular weight is 546 g/mol. The molecule has 5 rings (SSSR count). The molecule has 0 spiro atoms. The Kier molecular flexibility index (Phi) is 8.80. The molecular formula is C29H31N5O6. The number of carbonyl (C=O) groups excluding carboxylic acids is 2. The van der Waals surface area contributed by atoms with Crippen molar-refractivity contribution in [3.05, 3.63) is 77.7 Å². The highest BCUT2D eigenvalue weighted by Crippen LogP contribution is 2.33. The summed E-state index contributed by atoms with van der Waals surface area (Å²) < 4.78 is 21.9. The Labute approximate surface area is 232 Å². The van der Waals surface area contributed by atoms with E-state index in [0.717, 1.165) is 18.7 Å². The Bertz CT molecular complexity index is 1330. The van der Waals surface area contributed by atoms with Gasteiger partial charge in [-0.05, 0) is 54.1 Å². The number of nitrogens with one attached hydrogen (secondary N) is 1. The first kappa shape index (κ1) is 27.1. The maximum Gasteiger partial charge on any atom is 0.322 e. The number of rotatable bonds is 10. The maximum atomic E-state index is 13.7. The van der Waals surface area contributed by atoms with Crippen LogP contribution in [0.15, 0.2) is 65.3 Å². The van der Waals surface area contributed by atoms with Crippen LogP contribution in [-0.4, -0.2) is 79.4 Å². The number of furan rings is 1. The lowest BCUT2D eigenvalue weighted by Crippen LogP contribution is -2.48. The number of morpholine rings is 1. The number of benzene rings is 2. The molecule has 2 aliphatic rings. The molecule has 3 heterocycles. The standard InChI is InChI=1S/C29H31N5O6/c30-17-22-3-6-24(7-4-22)31-29(36)33(10-9-32-11-14-37-15-12-32)20-28(35)34(19-25-2-1-13-38-25)18-23-5-8-26-27(16-23)40-21-39-26/h1-8,13,16H,9-12,14-15,18-21H2,(H,31,36). The van der Waals surface area contributed by atoms with Gasteiger partial charge in [-0.15, -0.1) is 0 Å². The Hall–Kier alpha value is -4.53. The molecule has 0 atom stereocenters. The second kappa shape index (κ2) is 13.0. The van der Waals surface area contributed by atoms with E-state index in [0.29, 0.717) is 61.4 Å². The zero-order valence-corrected chi connectivity index (χ0v) is 22.1. The van der Waals surface area contributed by atoms with Crippen molar-refractivity contribution in [3.8, 4) is 17.6 Å². The quantitative estimate of drug-likeness (QED) is 0.412. The first-order valence-corrected chi connectivity index (χ1v) is 13.1. The van der Waals surface area contributed by atoms with Gasteiger partial charge in [0.05, 0.1) is 37.7 Å². The van der Waals surface area contributed by atoms with Crippen molar-refractivity contribution in [2.75, 3.05) is 58.0 Å². The van der Waals surface area contributed by atoms with Crippen molar-refractivity contribution in [2.45, 2.75) is 13.1 Å². The van der Waals surface area contributed by atoms with Gasteiger partial charge in [0.2, 0.25) is 12.7 Å². The minimum atomic E-state index is -0.396.